The van der Waals surface area contributed by atoms with Gasteiger partial charge in [0.2, 0.25) is 5.91 Å². The van der Waals surface area contributed by atoms with Crippen molar-refractivity contribution in [1.82, 2.24) is 20.2 Å². The van der Waals surface area contributed by atoms with Crippen LogP contribution in [0.3, 0.4) is 0 Å². The number of nitrogens with two attached hydrogens (primary N) is 1. The molecule has 0 spiro atoms. The molecule has 1 aromatic heterocycles. The second-order valence-electron chi connectivity index (χ2n) is 6.89. The molecule has 0 fully saturated rings. The van der Waals surface area contributed by atoms with E-state index >= 15 is 0 Å². The van der Waals surface area contributed by atoms with Crippen molar-refractivity contribution in [2.75, 3.05) is 19.4 Å². The SMILES string of the molecule is COC(=O)C(CNC(=O)CCn1cnc2ccc(N)cc21)NC(=O)c1c(Cl)cccc1Cl. The number of benzene rings is 2. The van der Waals surface area contributed by atoms with E-state index in [-0.39, 0.29) is 34.5 Å². The molecule has 0 aliphatic carbocycles. The number of aryl methyl sites for hydroxylation is 1. The molecule has 2 amide bonds. The fourth-order valence-electron chi connectivity index (χ4n) is 3.06. The highest BCUT2D eigenvalue weighted by Crippen LogP contribution is 2.24. The van der Waals surface area contributed by atoms with Gasteiger partial charge in [-0.15, -0.1) is 0 Å². The molecule has 1 unspecified atom stereocenters. The third kappa shape index (κ3) is 5.49. The third-order valence-electron chi connectivity index (χ3n) is 4.71. The van der Waals surface area contributed by atoms with E-state index in [4.69, 9.17) is 33.7 Å². The lowest BCUT2D eigenvalue weighted by atomic mass is 10.2. The Morgan fingerprint density at radius 3 is 2.59 bits per heavy atom. The van der Waals surface area contributed by atoms with Gasteiger partial charge < -0.3 is 25.7 Å². The Kier molecular flexibility index (Phi) is 7.55. The average Bonchev–Trinajstić information content (AvgIpc) is 3.16. The van der Waals surface area contributed by atoms with Crippen molar-refractivity contribution in [3.8, 4) is 0 Å². The number of carbonyl (C=O) groups is 3. The molecule has 0 radical (unpaired) electrons. The molecule has 0 aliphatic heterocycles. The van der Waals surface area contributed by atoms with Gasteiger partial charge in [-0.3, -0.25) is 9.59 Å². The van der Waals surface area contributed by atoms with Gasteiger partial charge in [-0.2, -0.15) is 0 Å². The largest absolute Gasteiger partial charge is 0.467 e. The number of esters is 1. The zero-order valence-electron chi connectivity index (χ0n) is 17.1. The number of carbonyl (C=O) groups excluding carboxylic acids is 3. The number of ether oxygens (including phenoxy) is 1. The van der Waals surface area contributed by atoms with Crippen molar-refractivity contribution in [2.45, 2.75) is 19.0 Å². The number of aromatic nitrogens is 2. The van der Waals surface area contributed by atoms with Crippen LogP contribution in [0.25, 0.3) is 11.0 Å². The van der Waals surface area contributed by atoms with E-state index in [0.717, 1.165) is 11.0 Å². The van der Waals surface area contributed by atoms with Crippen molar-refractivity contribution < 1.29 is 19.1 Å². The molecule has 0 saturated heterocycles. The van der Waals surface area contributed by atoms with Gasteiger partial charge in [0, 0.05) is 25.2 Å². The topological polar surface area (TPSA) is 128 Å². The number of methoxy groups -OCH3 is 1. The first-order valence-electron chi connectivity index (χ1n) is 9.60. The zero-order chi connectivity index (χ0) is 23.3. The Bertz CT molecular complexity index is 1140. The van der Waals surface area contributed by atoms with Crippen molar-refractivity contribution >= 4 is 57.7 Å². The Morgan fingerprint density at radius 1 is 1.19 bits per heavy atom. The molecule has 3 aromatic rings. The first kappa shape index (κ1) is 23.4. The number of nitrogens with one attached hydrogen (secondary N) is 2. The van der Waals surface area contributed by atoms with E-state index < -0.39 is 17.9 Å². The minimum absolute atomic E-state index is 0.0299. The van der Waals surface area contributed by atoms with Gasteiger partial charge >= 0.3 is 5.97 Å². The lowest BCUT2D eigenvalue weighted by Gasteiger charge is -2.18. The molecule has 1 heterocycles. The van der Waals surface area contributed by atoms with Gasteiger partial charge in [0.1, 0.15) is 6.04 Å². The molecule has 168 valence electrons. The molecule has 11 heteroatoms. The maximum absolute atomic E-state index is 12.6. The van der Waals surface area contributed by atoms with E-state index in [0.29, 0.717) is 12.2 Å². The second-order valence-corrected chi connectivity index (χ2v) is 7.70. The second kappa shape index (κ2) is 10.3. The molecule has 4 N–H and O–H groups in total. The first-order valence-corrected chi connectivity index (χ1v) is 10.4. The minimum Gasteiger partial charge on any atom is -0.467 e. The van der Waals surface area contributed by atoms with Crippen molar-refractivity contribution in [2.24, 2.45) is 0 Å². The maximum atomic E-state index is 12.6. The Hall–Kier alpha value is -3.30. The summed E-state index contributed by atoms with van der Waals surface area (Å²) >= 11 is 12.1. The number of rotatable bonds is 8. The Labute approximate surface area is 193 Å². The van der Waals surface area contributed by atoms with Crippen LogP contribution in [0.4, 0.5) is 5.69 Å². The number of halogens is 2. The number of amides is 2. The van der Waals surface area contributed by atoms with Crippen LogP contribution in [-0.4, -0.2) is 47.0 Å². The molecule has 0 saturated carbocycles. The van der Waals surface area contributed by atoms with Crippen LogP contribution >= 0.6 is 23.2 Å². The summed E-state index contributed by atoms with van der Waals surface area (Å²) in [5.74, 6) is -1.71. The van der Waals surface area contributed by atoms with Crippen LogP contribution in [0.5, 0.6) is 0 Å². The van der Waals surface area contributed by atoms with Crippen LogP contribution in [0.15, 0.2) is 42.7 Å². The summed E-state index contributed by atoms with van der Waals surface area (Å²) in [4.78, 5) is 41.3. The summed E-state index contributed by atoms with van der Waals surface area (Å²) in [7, 11) is 1.18. The van der Waals surface area contributed by atoms with E-state index in [1.807, 2.05) is 4.57 Å². The number of anilines is 1. The van der Waals surface area contributed by atoms with Gasteiger partial charge in [0.25, 0.3) is 5.91 Å². The third-order valence-corrected chi connectivity index (χ3v) is 5.34. The highest BCUT2D eigenvalue weighted by molar-refractivity contribution is 6.39. The van der Waals surface area contributed by atoms with Crippen molar-refractivity contribution in [3.05, 3.63) is 58.3 Å². The molecule has 0 bridgehead atoms. The molecule has 2 aromatic carbocycles. The highest BCUT2D eigenvalue weighted by atomic mass is 35.5. The summed E-state index contributed by atoms with van der Waals surface area (Å²) in [6, 6.07) is 8.81. The summed E-state index contributed by atoms with van der Waals surface area (Å²) in [6.07, 6.45) is 1.75. The van der Waals surface area contributed by atoms with Crippen molar-refractivity contribution in [3.63, 3.8) is 0 Å². The maximum Gasteiger partial charge on any atom is 0.330 e. The summed E-state index contributed by atoms with van der Waals surface area (Å²) in [5, 5.41) is 5.39. The number of fused-ring (bicyclic) bond motifs is 1. The fourth-order valence-corrected chi connectivity index (χ4v) is 3.63. The smallest absolute Gasteiger partial charge is 0.330 e. The fraction of sp³-hybridized carbons (Fsp3) is 0.238. The molecule has 3 rings (SSSR count). The lowest BCUT2D eigenvalue weighted by Crippen LogP contribution is -2.49. The Balaban J connectivity index is 1.60. The number of imidazole rings is 1. The van der Waals surface area contributed by atoms with Crippen LogP contribution in [0.2, 0.25) is 10.0 Å². The molecule has 32 heavy (non-hydrogen) atoms. The minimum atomic E-state index is -1.13. The summed E-state index contributed by atoms with van der Waals surface area (Å²) in [5.41, 5.74) is 8.03. The van der Waals surface area contributed by atoms with Gasteiger partial charge in [-0.05, 0) is 30.3 Å². The number of nitrogen functional groups attached to an aromatic ring is 1. The quantitative estimate of drug-likeness (QED) is 0.337. The van der Waals surface area contributed by atoms with Gasteiger partial charge in [-0.1, -0.05) is 29.3 Å². The highest BCUT2D eigenvalue weighted by Gasteiger charge is 2.25. The monoisotopic (exact) mass is 477 g/mol. The molecule has 9 nitrogen and oxygen atoms in total. The molecular formula is C21H21Cl2N5O4. The Morgan fingerprint density at radius 2 is 1.91 bits per heavy atom. The van der Waals surface area contributed by atoms with Crippen LogP contribution in [-0.2, 0) is 20.9 Å². The van der Waals surface area contributed by atoms with Gasteiger partial charge in [0.15, 0.2) is 0 Å². The van der Waals surface area contributed by atoms with Gasteiger partial charge in [-0.25, -0.2) is 9.78 Å². The zero-order valence-corrected chi connectivity index (χ0v) is 18.6. The molecular weight excluding hydrogens is 457 g/mol. The van der Waals surface area contributed by atoms with Crippen LogP contribution in [0, 0.1) is 0 Å². The van der Waals surface area contributed by atoms with Crippen LogP contribution < -0.4 is 16.4 Å². The predicted molar refractivity (Wildman–Crippen MR) is 122 cm³/mol. The van der Waals surface area contributed by atoms with E-state index in [1.54, 1.807) is 30.6 Å². The van der Waals surface area contributed by atoms with E-state index in [1.165, 1.54) is 19.2 Å². The number of hydrogen-bond donors (Lipinski definition) is 3. The number of nitrogens with zero attached hydrogens (tertiary/aromatic N) is 2. The normalized spacial score (nSPS) is 11.7. The first-order chi connectivity index (χ1) is 15.3. The van der Waals surface area contributed by atoms with Gasteiger partial charge in [0.05, 0.1) is 40.1 Å². The lowest BCUT2D eigenvalue weighted by molar-refractivity contribution is -0.142. The van der Waals surface area contributed by atoms with Crippen molar-refractivity contribution in [1.29, 1.82) is 0 Å². The standard InChI is InChI=1S/C21H21Cl2N5O4/c1-32-21(31)16(27-20(30)19-13(22)3-2-4-14(19)23)10-25-18(29)7-8-28-11-26-15-6-5-12(24)9-17(15)28/h2-6,9,11,16H,7-8,10,24H2,1H3,(H,25,29)(H,27,30). The summed E-state index contributed by atoms with van der Waals surface area (Å²) in [6.45, 7) is 0.188. The average molecular weight is 478 g/mol. The molecule has 1 atom stereocenters. The predicted octanol–water partition coefficient (Wildman–Crippen LogP) is 2.40. The summed E-state index contributed by atoms with van der Waals surface area (Å²) < 4.78 is 6.53. The van der Waals surface area contributed by atoms with E-state index in [9.17, 15) is 14.4 Å². The van der Waals surface area contributed by atoms with Crippen LogP contribution in [0.1, 0.15) is 16.8 Å². The number of hydrogen-bond acceptors (Lipinski definition) is 6. The van der Waals surface area contributed by atoms with E-state index in [2.05, 4.69) is 15.6 Å². The molecule has 0 aliphatic rings.